The van der Waals surface area contributed by atoms with Crippen LogP contribution >= 0.6 is 0 Å². The Hall–Kier alpha value is -3.60. The normalized spacial score (nSPS) is 15.8. The van der Waals surface area contributed by atoms with Gasteiger partial charge in [-0.25, -0.2) is 0 Å². The van der Waals surface area contributed by atoms with Gasteiger partial charge in [-0.3, -0.25) is 9.59 Å². The van der Waals surface area contributed by atoms with E-state index >= 15 is 0 Å². The van der Waals surface area contributed by atoms with Crippen molar-refractivity contribution in [2.24, 2.45) is 5.92 Å². The van der Waals surface area contributed by atoms with Crippen LogP contribution in [0.4, 0.5) is 11.4 Å². The van der Waals surface area contributed by atoms with Gasteiger partial charge in [-0.1, -0.05) is 56.3 Å². The number of ether oxygens (including phenoxy) is 1. The van der Waals surface area contributed by atoms with Gasteiger partial charge >= 0.3 is 0 Å². The van der Waals surface area contributed by atoms with Crippen molar-refractivity contribution in [2.75, 3.05) is 29.5 Å². The summed E-state index contributed by atoms with van der Waals surface area (Å²) in [7, 11) is 0. The number of aryl methyl sites for hydroxylation is 1. The van der Waals surface area contributed by atoms with Crippen LogP contribution in [-0.2, 0) is 11.2 Å². The Bertz CT molecular complexity index is 1080. The maximum atomic E-state index is 13.3. The zero-order valence-electron chi connectivity index (χ0n) is 18.5. The average Bonchev–Trinajstić information content (AvgIpc) is 2.95. The first-order valence-corrected chi connectivity index (χ1v) is 11.1. The molecule has 3 aromatic rings. The molecule has 0 aliphatic carbocycles. The third-order valence-electron chi connectivity index (χ3n) is 5.79. The van der Waals surface area contributed by atoms with Gasteiger partial charge in [-0.15, -0.1) is 0 Å². The van der Waals surface area contributed by atoms with E-state index in [2.05, 4.69) is 19.1 Å². The van der Waals surface area contributed by atoms with Gasteiger partial charge in [-0.05, 0) is 48.4 Å². The Morgan fingerprint density at radius 2 is 1.59 bits per heavy atom. The van der Waals surface area contributed by atoms with Crippen molar-refractivity contribution >= 4 is 23.2 Å². The molecule has 2 amide bonds. The highest BCUT2D eigenvalue weighted by molar-refractivity contribution is 6.11. The molecule has 0 N–H and O–H groups in total. The number of carbonyl (C=O) groups excluding carboxylic acids is 2. The molecule has 0 bridgehead atoms. The second kappa shape index (κ2) is 9.69. The maximum absolute atomic E-state index is 13.3. The van der Waals surface area contributed by atoms with Crippen molar-refractivity contribution in [3.05, 3.63) is 90.0 Å². The monoisotopic (exact) mass is 428 g/mol. The second-order valence-electron chi connectivity index (χ2n) is 8.01. The van der Waals surface area contributed by atoms with Gasteiger partial charge in [-0.2, -0.15) is 0 Å². The maximum Gasteiger partial charge on any atom is 0.258 e. The summed E-state index contributed by atoms with van der Waals surface area (Å²) in [5.74, 6) is 0.336. The number of hydrogen-bond acceptors (Lipinski definition) is 3. The second-order valence-corrected chi connectivity index (χ2v) is 8.01. The van der Waals surface area contributed by atoms with Gasteiger partial charge in [0.2, 0.25) is 5.91 Å². The predicted octanol–water partition coefficient (Wildman–Crippen LogP) is 4.96. The summed E-state index contributed by atoms with van der Waals surface area (Å²) >= 11 is 0. The summed E-state index contributed by atoms with van der Waals surface area (Å²) < 4.78 is 5.92. The minimum absolute atomic E-state index is 0.00857. The molecule has 0 spiro atoms. The number of anilines is 2. The molecule has 1 atom stereocenters. The van der Waals surface area contributed by atoms with Crippen LogP contribution in [0.2, 0.25) is 0 Å². The third kappa shape index (κ3) is 4.52. The van der Waals surface area contributed by atoms with E-state index in [-0.39, 0.29) is 17.7 Å². The molecule has 0 aromatic heterocycles. The van der Waals surface area contributed by atoms with E-state index < -0.39 is 0 Å². The topological polar surface area (TPSA) is 49.9 Å². The largest absolute Gasteiger partial charge is 0.492 e. The highest BCUT2D eigenvalue weighted by Crippen LogP contribution is 2.35. The van der Waals surface area contributed by atoms with Gasteiger partial charge in [0.05, 0.1) is 23.8 Å². The van der Waals surface area contributed by atoms with Crippen molar-refractivity contribution in [1.82, 2.24) is 0 Å². The first-order valence-electron chi connectivity index (χ1n) is 11.1. The molecule has 1 unspecified atom stereocenters. The van der Waals surface area contributed by atoms with E-state index in [9.17, 15) is 9.59 Å². The van der Waals surface area contributed by atoms with E-state index in [1.165, 1.54) is 5.56 Å². The molecular formula is C27H28N2O3. The van der Waals surface area contributed by atoms with Gasteiger partial charge in [0, 0.05) is 12.1 Å². The number of amides is 2. The van der Waals surface area contributed by atoms with E-state index in [4.69, 9.17) is 4.74 Å². The molecule has 1 aliphatic rings. The van der Waals surface area contributed by atoms with Crippen molar-refractivity contribution < 1.29 is 14.3 Å². The fourth-order valence-corrected chi connectivity index (χ4v) is 3.99. The minimum atomic E-state index is -0.334. The summed E-state index contributed by atoms with van der Waals surface area (Å²) in [4.78, 5) is 30.0. The number of carbonyl (C=O) groups is 2. The number of rotatable bonds is 6. The third-order valence-corrected chi connectivity index (χ3v) is 5.79. The zero-order chi connectivity index (χ0) is 22.5. The van der Waals surface area contributed by atoms with E-state index in [1.54, 1.807) is 21.9 Å². The number of hydrogen-bond donors (Lipinski definition) is 0. The van der Waals surface area contributed by atoms with E-state index in [0.717, 1.165) is 23.5 Å². The Morgan fingerprint density at radius 3 is 2.28 bits per heavy atom. The predicted molar refractivity (Wildman–Crippen MR) is 127 cm³/mol. The molecule has 4 rings (SSSR count). The zero-order valence-corrected chi connectivity index (χ0v) is 18.5. The first kappa shape index (κ1) is 21.6. The fourth-order valence-electron chi connectivity index (χ4n) is 3.99. The van der Waals surface area contributed by atoms with Crippen LogP contribution in [0.3, 0.4) is 0 Å². The lowest BCUT2D eigenvalue weighted by molar-refractivity contribution is -0.121. The smallest absolute Gasteiger partial charge is 0.258 e. The first-order chi connectivity index (χ1) is 15.6. The number of benzene rings is 3. The van der Waals surface area contributed by atoms with Crippen LogP contribution in [0.1, 0.15) is 29.8 Å². The van der Waals surface area contributed by atoms with Gasteiger partial charge in [0.15, 0.2) is 0 Å². The Labute approximate surface area is 189 Å². The van der Waals surface area contributed by atoms with Crippen molar-refractivity contribution in [3.8, 4) is 5.75 Å². The molecule has 0 radical (unpaired) electrons. The lowest BCUT2D eigenvalue weighted by Crippen LogP contribution is -2.39. The van der Waals surface area contributed by atoms with Crippen LogP contribution in [0.15, 0.2) is 78.9 Å². The molecular weight excluding hydrogens is 400 g/mol. The van der Waals surface area contributed by atoms with Crippen molar-refractivity contribution in [1.29, 1.82) is 0 Å². The molecule has 32 heavy (non-hydrogen) atoms. The Kier molecular flexibility index (Phi) is 6.55. The molecule has 3 aromatic carbocycles. The van der Waals surface area contributed by atoms with Crippen LogP contribution in [0, 0.1) is 5.92 Å². The van der Waals surface area contributed by atoms with Gasteiger partial charge in [0.1, 0.15) is 12.4 Å². The number of nitrogens with zero attached hydrogens (tertiary/aromatic N) is 2. The van der Waals surface area contributed by atoms with Crippen LogP contribution in [0.25, 0.3) is 0 Å². The summed E-state index contributed by atoms with van der Waals surface area (Å²) in [6.45, 7) is 5.09. The highest BCUT2D eigenvalue weighted by Gasteiger charge is 2.33. The molecule has 0 fully saturated rings. The summed E-state index contributed by atoms with van der Waals surface area (Å²) in [6, 6.07) is 24.8. The summed E-state index contributed by atoms with van der Waals surface area (Å²) in [6.07, 6.45) is 0.982. The summed E-state index contributed by atoms with van der Waals surface area (Å²) in [5.41, 5.74) is 3.34. The molecule has 5 nitrogen and oxygen atoms in total. The average molecular weight is 429 g/mol. The van der Waals surface area contributed by atoms with Crippen LogP contribution in [0.5, 0.6) is 5.75 Å². The molecule has 164 valence electrons. The van der Waals surface area contributed by atoms with Crippen LogP contribution < -0.4 is 14.5 Å². The van der Waals surface area contributed by atoms with Gasteiger partial charge < -0.3 is 14.5 Å². The highest BCUT2D eigenvalue weighted by atomic mass is 16.5. The Balaban J connectivity index is 1.57. The Morgan fingerprint density at radius 1 is 0.938 bits per heavy atom. The van der Waals surface area contributed by atoms with Crippen LogP contribution in [-0.4, -0.2) is 31.5 Å². The SMILES string of the molecule is CCc1ccc(OCCN2C(=O)C(C)CN(C(=O)c3ccccc3)c3ccccc32)cc1. The summed E-state index contributed by atoms with van der Waals surface area (Å²) in [5, 5.41) is 0. The van der Waals surface area contributed by atoms with Crippen molar-refractivity contribution in [2.45, 2.75) is 20.3 Å². The molecule has 1 heterocycles. The van der Waals surface area contributed by atoms with Gasteiger partial charge in [0.25, 0.3) is 5.91 Å². The fraction of sp³-hybridized carbons (Fsp3) is 0.259. The standard InChI is InChI=1S/C27H28N2O3/c1-3-21-13-15-23(16-14-21)32-18-17-28-24-11-7-8-12-25(24)29(19-20(2)26(28)30)27(31)22-9-5-4-6-10-22/h4-16,20H,3,17-19H2,1-2H3. The molecule has 0 saturated heterocycles. The lowest BCUT2D eigenvalue weighted by atomic mass is 10.1. The quantitative estimate of drug-likeness (QED) is 0.558. The molecule has 0 saturated carbocycles. The lowest BCUT2D eigenvalue weighted by Gasteiger charge is -2.25. The molecule has 1 aliphatic heterocycles. The number of fused-ring (bicyclic) bond motifs is 1. The van der Waals surface area contributed by atoms with E-state index in [0.29, 0.717) is 25.3 Å². The van der Waals surface area contributed by atoms with Crippen molar-refractivity contribution in [3.63, 3.8) is 0 Å². The molecule has 5 heteroatoms. The number of para-hydroxylation sites is 2. The minimum Gasteiger partial charge on any atom is -0.492 e. The van der Waals surface area contributed by atoms with E-state index in [1.807, 2.05) is 61.5 Å².